The predicted molar refractivity (Wildman–Crippen MR) is 98.9 cm³/mol. The number of alkyl halides is 3. The molecule has 158 valence electrons. The number of hydrogen-bond donors (Lipinski definition) is 3. The van der Waals surface area contributed by atoms with E-state index in [4.69, 9.17) is 0 Å². The number of aryl methyl sites for hydroxylation is 1. The fourth-order valence-electron chi connectivity index (χ4n) is 3.90. The van der Waals surface area contributed by atoms with E-state index < -0.39 is 12.5 Å². The van der Waals surface area contributed by atoms with E-state index in [9.17, 15) is 23.4 Å². The molecule has 1 fully saturated rings. The molecule has 3 N–H and O–H groups in total. The van der Waals surface area contributed by atoms with Crippen LogP contribution in [0.4, 0.5) is 13.2 Å². The molecule has 4 atom stereocenters. The zero-order valence-corrected chi connectivity index (χ0v) is 15.9. The van der Waals surface area contributed by atoms with Gasteiger partial charge in [0.15, 0.2) is 0 Å². The maximum absolute atomic E-state index is 12.3. The molecular formula is C20H24F3N3O3. The van der Waals surface area contributed by atoms with Crippen LogP contribution in [-0.2, 0) is 13.0 Å². The van der Waals surface area contributed by atoms with E-state index in [2.05, 4.69) is 20.0 Å². The highest BCUT2D eigenvalue weighted by Gasteiger charge is 2.42. The summed E-state index contributed by atoms with van der Waals surface area (Å²) < 4.78 is 40.7. The van der Waals surface area contributed by atoms with Crippen molar-refractivity contribution in [1.82, 2.24) is 15.3 Å². The first-order valence-electron chi connectivity index (χ1n) is 9.40. The fraction of sp³-hybridized carbons (Fsp3) is 0.500. The maximum Gasteiger partial charge on any atom is 0.573 e. The Morgan fingerprint density at radius 3 is 2.52 bits per heavy atom. The summed E-state index contributed by atoms with van der Waals surface area (Å²) in [5.74, 6) is 0.0876. The van der Waals surface area contributed by atoms with Crippen molar-refractivity contribution in [3.63, 3.8) is 0 Å². The molecule has 1 aliphatic rings. The Balaban J connectivity index is 1.64. The number of aromatic nitrogens is 2. The molecule has 9 heteroatoms. The molecule has 0 spiro atoms. The highest BCUT2D eigenvalue weighted by molar-refractivity contribution is 5.27. The van der Waals surface area contributed by atoms with Crippen molar-refractivity contribution in [1.29, 1.82) is 0 Å². The summed E-state index contributed by atoms with van der Waals surface area (Å²) in [6, 6.07) is 7.42. The van der Waals surface area contributed by atoms with Gasteiger partial charge >= 0.3 is 6.36 Å². The Bertz CT molecular complexity index is 802. The van der Waals surface area contributed by atoms with Gasteiger partial charge in [-0.05, 0) is 49.4 Å². The van der Waals surface area contributed by atoms with Gasteiger partial charge in [-0.25, -0.2) is 9.97 Å². The zero-order valence-electron chi connectivity index (χ0n) is 15.9. The standard InChI is InChI=1S/C20H24F3N3O3/c1-12-24-7-6-14(26-12)8-16-17(11-27)19(28)9-18(16)25-10-13-2-4-15(5-3-13)29-20(21,22)23/h2-7,16-19,25,27-28H,8-11H2,1H3/t16-,17-,18-,19-/m1/s1. The zero-order chi connectivity index (χ0) is 21.0. The molecule has 0 aliphatic heterocycles. The van der Waals surface area contributed by atoms with Gasteiger partial charge in [0.05, 0.1) is 6.10 Å². The summed E-state index contributed by atoms with van der Waals surface area (Å²) in [5, 5.41) is 23.5. The number of nitrogens with one attached hydrogen (secondary N) is 1. The van der Waals surface area contributed by atoms with Gasteiger partial charge in [-0.1, -0.05) is 12.1 Å². The smallest absolute Gasteiger partial charge is 0.406 e. The van der Waals surface area contributed by atoms with Crippen LogP contribution in [0.1, 0.15) is 23.5 Å². The molecule has 1 saturated carbocycles. The number of nitrogens with zero attached hydrogens (tertiary/aromatic N) is 2. The molecule has 1 aliphatic carbocycles. The van der Waals surface area contributed by atoms with Crippen LogP contribution in [0, 0.1) is 18.8 Å². The maximum atomic E-state index is 12.3. The van der Waals surface area contributed by atoms with Crippen LogP contribution in [0.2, 0.25) is 0 Å². The minimum atomic E-state index is -4.72. The second kappa shape index (κ2) is 9.06. The Kier molecular flexibility index (Phi) is 6.71. The lowest BCUT2D eigenvalue weighted by Crippen LogP contribution is -2.36. The van der Waals surface area contributed by atoms with Crippen molar-refractivity contribution in [3.05, 3.63) is 53.6 Å². The molecule has 0 saturated heterocycles. The van der Waals surface area contributed by atoms with Gasteiger partial charge < -0.3 is 20.3 Å². The number of hydrogen-bond acceptors (Lipinski definition) is 6. The van der Waals surface area contributed by atoms with Gasteiger partial charge in [0.1, 0.15) is 11.6 Å². The van der Waals surface area contributed by atoms with Crippen molar-refractivity contribution in [2.75, 3.05) is 6.61 Å². The van der Waals surface area contributed by atoms with Crippen LogP contribution in [-0.4, -0.2) is 45.3 Å². The average Bonchev–Trinajstić information content (AvgIpc) is 2.94. The molecule has 0 radical (unpaired) electrons. The van der Waals surface area contributed by atoms with E-state index in [1.165, 1.54) is 12.1 Å². The lowest BCUT2D eigenvalue weighted by Gasteiger charge is -2.25. The monoisotopic (exact) mass is 411 g/mol. The average molecular weight is 411 g/mol. The van der Waals surface area contributed by atoms with Crippen molar-refractivity contribution < 1.29 is 28.1 Å². The highest BCUT2D eigenvalue weighted by atomic mass is 19.4. The Morgan fingerprint density at radius 1 is 1.17 bits per heavy atom. The third-order valence-corrected chi connectivity index (χ3v) is 5.27. The number of aliphatic hydroxyl groups excluding tert-OH is 2. The lowest BCUT2D eigenvalue weighted by atomic mass is 9.88. The van der Waals surface area contributed by atoms with E-state index in [0.29, 0.717) is 25.2 Å². The first kappa shape index (κ1) is 21.5. The van der Waals surface area contributed by atoms with Crippen molar-refractivity contribution in [2.45, 2.75) is 44.8 Å². The molecule has 1 aromatic heterocycles. The molecular weight excluding hydrogens is 387 g/mol. The van der Waals surface area contributed by atoms with E-state index >= 15 is 0 Å². The van der Waals surface area contributed by atoms with Crippen molar-refractivity contribution in [2.24, 2.45) is 11.8 Å². The molecule has 1 aromatic carbocycles. The highest BCUT2D eigenvalue weighted by Crippen LogP contribution is 2.35. The van der Waals surface area contributed by atoms with Gasteiger partial charge in [0.2, 0.25) is 0 Å². The summed E-state index contributed by atoms with van der Waals surface area (Å²) in [6.07, 6.45) is -2.60. The number of benzene rings is 1. The second-order valence-electron chi connectivity index (χ2n) is 7.29. The molecule has 0 amide bonds. The topological polar surface area (TPSA) is 87.5 Å². The van der Waals surface area contributed by atoms with Gasteiger partial charge in [0, 0.05) is 37.0 Å². The van der Waals surface area contributed by atoms with Crippen LogP contribution >= 0.6 is 0 Å². The summed E-state index contributed by atoms with van der Waals surface area (Å²) in [4.78, 5) is 8.50. The summed E-state index contributed by atoms with van der Waals surface area (Å²) in [5.41, 5.74) is 1.63. The number of ether oxygens (including phenoxy) is 1. The Labute approximate surface area is 166 Å². The van der Waals surface area contributed by atoms with E-state index in [1.807, 2.05) is 6.07 Å². The third-order valence-electron chi connectivity index (χ3n) is 5.27. The van der Waals surface area contributed by atoms with Crippen LogP contribution in [0.25, 0.3) is 0 Å². The second-order valence-corrected chi connectivity index (χ2v) is 7.29. The molecule has 3 rings (SSSR count). The SMILES string of the molecule is Cc1nccc(C[C@@H]2[C@@H](CO)[C@H](O)C[C@H]2NCc2ccc(OC(F)(F)F)cc2)n1. The minimum Gasteiger partial charge on any atom is -0.406 e. The Hall–Kier alpha value is -2.23. The molecule has 6 nitrogen and oxygen atoms in total. The van der Waals surface area contributed by atoms with Gasteiger partial charge in [-0.3, -0.25) is 0 Å². The minimum absolute atomic E-state index is 0.0304. The molecule has 2 aromatic rings. The first-order valence-corrected chi connectivity index (χ1v) is 9.40. The number of halogens is 3. The van der Waals surface area contributed by atoms with Gasteiger partial charge in [-0.15, -0.1) is 13.2 Å². The van der Waals surface area contributed by atoms with Crippen LogP contribution in [0.5, 0.6) is 5.75 Å². The molecule has 0 unspecified atom stereocenters. The number of aliphatic hydroxyl groups is 2. The predicted octanol–water partition coefficient (Wildman–Crippen LogP) is 2.37. The van der Waals surface area contributed by atoms with E-state index in [1.54, 1.807) is 25.3 Å². The Morgan fingerprint density at radius 2 is 1.90 bits per heavy atom. The van der Waals surface area contributed by atoms with Gasteiger partial charge in [-0.2, -0.15) is 0 Å². The summed E-state index contributed by atoms with van der Waals surface area (Å²) >= 11 is 0. The first-order chi connectivity index (χ1) is 13.7. The van der Waals surface area contributed by atoms with Crippen LogP contribution in [0.15, 0.2) is 36.5 Å². The lowest BCUT2D eigenvalue weighted by molar-refractivity contribution is -0.274. The van der Waals surface area contributed by atoms with Crippen molar-refractivity contribution >= 4 is 0 Å². The molecule has 1 heterocycles. The van der Waals surface area contributed by atoms with Crippen molar-refractivity contribution in [3.8, 4) is 5.75 Å². The van der Waals surface area contributed by atoms with Gasteiger partial charge in [0.25, 0.3) is 0 Å². The third kappa shape index (κ3) is 5.88. The number of rotatable bonds is 7. The molecule has 29 heavy (non-hydrogen) atoms. The molecule has 0 bridgehead atoms. The fourth-order valence-corrected chi connectivity index (χ4v) is 3.90. The van der Waals surface area contributed by atoms with E-state index in [-0.39, 0.29) is 30.2 Å². The summed E-state index contributed by atoms with van der Waals surface area (Å²) in [7, 11) is 0. The van der Waals surface area contributed by atoms with Crippen LogP contribution < -0.4 is 10.1 Å². The largest absolute Gasteiger partial charge is 0.573 e. The van der Waals surface area contributed by atoms with E-state index in [0.717, 1.165) is 11.3 Å². The quantitative estimate of drug-likeness (QED) is 0.649. The summed E-state index contributed by atoms with van der Waals surface area (Å²) in [6.45, 7) is 2.09. The normalized spacial score (nSPS) is 24.6. The van der Waals surface area contributed by atoms with Crippen LogP contribution in [0.3, 0.4) is 0 Å².